The monoisotopic (exact) mass is 319 g/mol. The Kier molecular flexibility index (Phi) is 5.20. The van der Waals surface area contributed by atoms with Gasteiger partial charge >= 0.3 is 6.03 Å². The summed E-state index contributed by atoms with van der Waals surface area (Å²) in [6.45, 7) is 0.00222. The fourth-order valence-electron chi connectivity index (χ4n) is 3.53. The van der Waals surface area contributed by atoms with Crippen LogP contribution in [0, 0.1) is 0 Å². The molecular formula is C17H25N3O3. The predicted molar refractivity (Wildman–Crippen MR) is 85.9 cm³/mol. The van der Waals surface area contributed by atoms with E-state index in [1.807, 2.05) is 6.07 Å². The highest BCUT2D eigenvalue weighted by molar-refractivity contribution is 5.84. The van der Waals surface area contributed by atoms with E-state index < -0.39 is 0 Å². The molecule has 3 rings (SSSR count). The van der Waals surface area contributed by atoms with E-state index >= 15 is 0 Å². The van der Waals surface area contributed by atoms with Crippen LogP contribution >= 0.6 is 0 Å². The highest BCUT2D eigenvalue weighted by Crippen LogP contribution is 2.30. The van der Waals surface area contributed by atoms with E-state index in [0.29, 0.717) is 0 Å². The Morgan fingerprint density at radius 1 is 1.09 bits per heavy atom. The molecule has 1 saturated carbocycles. The van der Waals surface area contributed by atoms with Crippen molar-refractivity contribution in [1.29, 1.82) is 0 Å². The van der Waals surface area contributed by atoms with Gasteiger partial charge in [0.25, 0.3) is 0 Å². The van der Waals surface area contributed by atoms with Crippen LogP contribution in [0.3, 0.4) is 0 Å². The van der Waals surface area contributed by atoms with E-state index in [-0.39, 0.29) is 30.6 Å². The van der Waals surface area contributed by atoms with Crippen LogP contribution < -0.4 is 16.0 Å². The van der Waals surface area contributed by atoms with Crippen LogP contribution in [0.5, 0.6) is 0 Å². The SMILES string of the molecule is O=C(CNC(=O)NC1CCCCC1)N[C@@H]1CCCc2occc21. The van der Waals surface area contributed by atoms with Gasteiger partial charge in [0.1, 0.15) is 5.76 Å². The lowest BCUT2D eigenvalue weighted by molar-refractivity contribution is -0.120. The van der Waals surface area contributed by atoms with E-state index in [4.69, 9.17) is 4.42 Å². The molecule has 0 aliphatic heterocycles. The van der Waals surface area contributed by atoms with Gasteiger partial charge in [0.05, 0.1) is 18.8 Å². The van der Waals surface area contributed by atoms with E-state index in [1.165, 1.54) is 19.3 Å². The molecule has 0 bridgehead atoms. The summed E-state index contributed by atoms with van der Waals surface area (Å²) in [5.74, 6) is 0.799. The number of hydrogen-bond acceptors (Lipinski definition) is 3. The van der Waals surface area contributed by atoms with Crippen LogP contribution in [0.15, 0.2) is 16.7 Å². The Morgan fingerprint density at radius 2 is 1.91 bits per heavy atom. The Morgan fingerprint density at radius 3 is 2.74 bits per heavy atom. The Labute approximate surface area is 136 Å². The Hall–Kier alpha value is -1.98. The van der Waals surface area contributed by atoms with Crippen LogP contribution in [0.4, 0.5) is 4.79 Å². The molecule has 1 aromatic heterocycles. The fourth-order valence-corrected chi connectivity index (χ4v) is 3.53. The quantitative estimate of drug-likeness (QED) is 0.797. The van der Waals surface area contributed by atoms with E-state index in [2.05, 4.69) is 16.0 Å². The smallest absolute Gasteiger partial charge is 0.315 e. The summed E-state index contributed by atoms with van der Waals surface area (Å²) in [5, 5.41) is 8.57. The number of urea groups is 1. The van der Waals surface area contributed by atoms with E-state index in [0.717, 1.165) is 43.4 Å². The topological polar surface area (TPSA) is 83.4 Å². The molecule has 0 aromatic carbocycles. The minimum absolute atomic E-state index is 0.00222. The van der Waals surface area contributed by atoms with Crippen molar-refractivity contribution in [2.24, 2.45) is 0 Å². The Balaban J connectivity index is 1.41. The largest absolute Gasteiger partial charge is 0.469 e. The second kappa shape index (κ2) is 7.53. The molecule has 6 nitrogen and oxygen atoms in total. The highest BCUT2D eigenvalue weighted by atomic mass is 16.3. The first-order valence-electron chi connectivity index (χ1n) is 8.62. The number of fused-ring (bicyclic) bond motifs is 1. The lowest BCUT2D eigenvalue weighted by atomic mass is 9.93. The molecule has 0 saturated heterocycles. The summed E-state index contributed by atoms with van der Waals surface area (Å²) in [6.07, 6.45) is 10.2. The highest BCUT2D eigenvalue weighted by Gasteiger charge is 2.24. The number of nitrogens with one attached hydrogen (secondary N) is 3. The lowest BCUT2D eigenvalue weighted by Crippen LogP contribution is -2.46. The molecule has 2 aliphatic carbocycles. The third-order valence-electron chi connectivity index (χ3n) is 4.74. The summed E-state index contributed by atoms with van der Waals surface area (Å²) in [6, 6.07) is 1.91. The molecule has 0 unspecified atom stereocenters. The zero-order valence-electron chi connectivity index (χ0n) is 13.4. The third-order valence-corrected chi connectivity index (χ3v) is 4.74. The second-order valence-electron chi connectivity index (χ2n) is 6.47. The van der Waals surface area contributed by atoms with E-state index in [1.54, 1.807) is 6.26 Å². The van der Waals surface area contributed by atoms with Gasteiger partial charge in [-0.15, -0.1) is 0 Å². The molecule has 3 N–H and O–H groups in total. The van der Waals surface area contributed by atoms with E-state index in [9.17, 15) is 9.59 Å². The average Bonchev–Trinajstić information content (AvgIpc) is 3.04. The molecule has 6 heteroatoms. The maximum absolute atomic E-state index is 12.1. The summed E-state index contributed by atoms with van der Waals surface area (Å²) in [5.41, 5.74) is 1.07. The lowest BCUT2D eigenvalue weighted by Gasteiger charge is -2.24. The predicted octanol–water partition coefficient (Wildman–Crippen LogP) is 2.41. The zero-order valence-corrected chi connectivity index (χ0v) is 13.4. The molecule has 0 spiro atoms. The molecule has 1 fully saturated rings. The first kappa shape index (κ1) is 15.9. The van der Waals surface area contributed by atoms with Crippen LogP contribution in [0.25, 0.3) is 0 Å². The van der Waals surface area contributed by atoms with Crippen molar-refractivity contribution in [3.8, 4) is 0 Å². The molecule has 1 atom stereocenters. The number of rotatable bonds is 4. The minimum atomic E-state index is -0.250. The van der Waals surface area contributed by atoms with Crippen molar-refractivity contribution in [2.75, 3.05) is 6.54 Å². The van der Waals surface area contributed by atoms with Gasteiger partial charge in [0, 0.05) is 18.0 Å². The number of carbonyl (C=O) groups is 2. The van der Waals surface area contributed by atoms with Crippen molar-refractivity contribution in [2.45, 2.75) is 63.5 Å². The first-order chi connectivity index (χ1) is 11.2. The molecule has 1 heterocycles. The van der Waals surface area contributed by atoms with Gasteiger partial charge in [0.15, 0.2) is 0 Å². The minimum Gasteiger partial charge on any atom is -0.469 e. The normalized spacial score (nSPS) is 21.3. The zero-order chi connectivity index (χ0) is 16.1. The maximum atomic E-state index is 12.1. The van der Waals surface area contributed by atoms with Crippen LogP contribution in [0.1, 0.15) is 62.3 Å². The molecule has 1 aromatic rings. The molecule has 0 radical (unpaired) electrons. The van der Waals surface area contributed by atoms with Crippen LogP contribution in [-0.2, 0) is 11.2 Å². The van der Waals surface area contributed by atoms with Crippen LogP contribution in [-0.4, -0.2) is 24.5 Å². The van der Waals surface area contributed by atoms with Gasteiger partial charge in [0.2, 0.25) is 5.91 Å². The van der Waals surface area contributed by atoms with Gasteiger partial charge in [-0.25, -0.2) is 4.79 Å². The molecule has 23 heavy (non-hydrogen) atoms. The summed E-state index contributed by atoms with van der Waals surface area (Å²) in [7, 11) is 0. The van der Waals surface area contributed by atoms with Crippen molar-refractivity contribution in [3.05, 3.63) is 23.7 Å². The number of furan rings is 1. The standard InChI is InChI=1S/C17H25N3O3/c21-16(11-18-17(22)19-12-5-2-1-3-6-12)20-14-7-4-8-15-13(14)9-10-23-15/h9-10,12,14H,1-8,11H2,(H,20,21)(H2,18,19,22)/t14-/m1/s1. The second-order valence-corrected chi connectivity index (χ2v) is 6.47. The summed E-state index contributed by atoms with van der Waals surface area (Å²) in [4.78, 5) is 23.9. The molecule has 126 valence electrons. The number of carbonyl (C=O) groups excluding carboxylic acids is 2. The van der Waals surface area contributed by atoms with Crippen molar-refractivity contribution in [1.82, 2.24) is 16.0 Å². The summed E-state index contributed by atoms with van der Waals surface area (Å²) < 4.78 is 5.42. The maximum Gasteiger partial charge on any atom is 0.315 e. The summed E-state index contributed by atoms with van der Waals surface area (Å²) >= 11 is 0. The van der Waals surface area contributed by atoms with Gasteiger partial charge in [-0.3, -0.25) is 4.79 Å². The fraction of sp³-hybridized carbons (Fsp3) is 0.647. The van der Waals surface area contributed by atoms with Crippen LogP contribution in [0.2, 0.25) is 0 Å². The molecular weight excluding hydrogens is 294 g/mol. The Bertz CT molecular complexity index is 549. The third kappa shape index (κ3) is 4.27. The molecule has 3 amide bonds. The number of hydrogen-bond donors (Lipinski definition) is 3. The number of aryl methyl sites for hydroxylation is 1. The van der Waals surface area contributed by atoms with Crippen molar-refractivity contribution >= 4 is 11.9 Å². The van der Waals surface area contributed by atoms with Crippen molar-refractivity contribution < 1.29 is 14.0 Å². The van der Waals surface area contributed by atoms with Gasteiger partial charge < -0.3 is 20.4 Å². The van der Waals surface area contributed by atoms with Crippen molar-refractivity contribution in [3.63, 3.8) is 0 Å². The van der Waals surface area contributed by atoms with Gasteiger partial charge in [-0.2, -0.15) is 0 Å². The van der Waals surface area contributed by atoms with Gasteiger partial charge in [-0.05, 0) is 31.7 Å². The first-order valence-corrected chi connectivity index (χ1v) is 8.62. The van der Waals surface area contributed by atoms with Gasteiger partial charge in [-0.1, -0.05) is 19.3 Å². The average molecular weight is 319 g/mol. The number of amides is 3. The molecule has 2 aliphatic rings.